The molecule has 0 radical (unpaired) electrons. The molecule has 3 saturated heterocycles. The van der Waals surface area contributed by atoms with Crippen molar-refractivity contribution < 1.29 is 32.3 Å². The number of alkyl halides is 3. The molecule has 238 valence electrons. The molecular formula is C30H36ClF3N6O4. The molecule has 1 aromatic heterocycles. The van der Waals surface area contributed by atoms with Crippen LogP contribution in [0.25, 0.3) is 0 Å². The maximum atomic E-state index is 13.3. The monoisotopic (exact) mass is 636 g/mol. The molecule has 0 saturated carbocycles. The Morgan fingerprint density at radius 1 is 1.00 bits per heavy atom. The van der Waals surface area contributed by atoms with E-state index in [-0.39, 0.29) is 25.4 Å². The van der Waals surface area contributed by atoms with Crippen molar-refractivity contribution in [2.24, 2.45) is 11.8 Å². The van der Waals surface area contributed by atoms with Gasteiger partial charge in [0.25, 0.3) is 5.91 Å². The number of aromatic nitrogens is 2. The van der Waals surface area contributed by atoms with Gasteiger partial charge in [0.05, 0.1) is 23.5 Å². The first-order chi connectivity index (χ1) is 20.8. The Morgan fingerprint density at radius 3 is 2.27 bits per heavy atom. The molecule has 3 unspecified atom stereocenters. The zero-order chi connectivity index (χ0) is 31.8. The summed E-state index contributed by atoms with van der Waals surface area (Å²) in [6.07, 6.45) is -4.29. The normalized spacial score (nSPS) is 21.9. The Labute approximate surface area is 259 Å². The molecule has 10 nitrogen and oxygen atoms in total. The van der Waals surface area contributed by atoms with E-state index in [0.717, 1.165) is 18.7 Å². The van der Waals surface area contributed by atoms with Gasteiger partial charge in [0, 0.05) is 56.4 Å². The predicted molar refractivity (Wildman–Crippen MR) is 157 cm³/mol. The number of likely N-dealkylation sites (tertiary alicyclic amines) is 3. The summed E-state index contributed by atoms with van der Waals surface area (Å²) in [6.45, 7) is 9.08. The molecule has 0 bridgehead atoms. The summed E-state index contributed by atoms with van der Waals surface area (Å²) >= 11 is 6.34. The van der Waals surface area contributed by atoms with Crippen molar-refractivity contribution in [3.8, 4) is 0 Å². The highest BCUT2D eigenvalue weighted by molar-refractivity contribution is 6.31. The molecule has 5 rings (SSSR count). The molecule has 3 aliphatic rings. The lowest BCUT2D eigenvalue weighted by Gasteiger charge is -2.26. The largest absolute Gasteiger partial charge is 0.471 e. The smallest absolute Gasteiger partial charge is 0.444 e. The first-order valence-electron chi connectivity index (χ1n) is 14.7. The Morgan fingerprint density at radius 2 is 1.66 bits per heavy atom. The van der Waals surface area contributed by atoms with Crippen LogP contribution in [0, 0.1) is 32.6 Å². The molecule has 14 heteroatoms. The Bertz CT molecular complexity index is 1390. The summed E-state index contributed by atoms with van der Waals surface area (Å²) in [5.41, 5.74) is 3.29. The summed E-state index contributed by atoms with van der Waals surface area (Å²) in [4.78, 5) is 52.8. The number of rotatable bonds is 7. The minimum Gasteiger partial charge on any atom is -0.444 e. The number of nitrogens with zero attached hydrogens (tertiary/aromatic N) is 6. The van der Waals surface area contributed by atoms with E-state index in [0.29, 0.717) is 77.0 Å². The molecule has 0 spiro atoms. The van der Waals surface area contributed by atoms with Crippen molar-refractivity contribution in [2.75, 3.05) is 57.3 Å². The third-order valence-corrected chi connectivity index (χ3v) is 9.18. The maximum absolute atomic E-state index is 13.3. The molecule has 3 atom stereocenters. The predicted octanol–water partition coefficient (Wildman–Crippen LogP) is 4.26. The third kappa shape index (κ3) is 6.93. The van der Waals surface area contributed by atoms with Crippen LogP contribution in [0.5, 0.6) is 0 Å². The lowest BCUT2D eigenvalue weighted by Crippen LogP contribution is -2.41. The molecule has 3 amide bonds. The first-order valence-corrected chi connectivity index (χ1v) is 15.1. The number of carbonyl (C=O) groups excluding carboxylic acids is 3. The first kappa shape index (κ1) is 32.0. The van der Waals surface area contributed by atoms with Crippen LogP contribution >= 0.6 is 11.6 Å². The quantitative estimate of drug-likeness (QED) is 0.448. The van der Waals surface area contributed by atoms with Crippen molar-refractivity contribution in [3.05, 3.63) is 52.1 Å². The second-order valence-electron chi connectivity index (χ2n) is 11.9. The van der Waals surface area contributed by atoms with E-state index in [1.54, 1.807) is 18.2 Å². The number of halogens is 4. The number of fused-ring (bicyclic) bond motifs is 1. The van der Waals surface area contributed by atoms with E-state index in [1.807, 2.05) is 25.7 Å². The van der Waals surface area contributed by atoms with Gasteiger partial charge in [0.15, 0.2) is 0 Å². The second kappa shape index (κ2) is 12.9. The van der Waals surface area contributed by atoms with E-state index in [2.05, 4.69) is 14.9 Å². The summed E-state index contributed by atoms with van der Waals surface area (Å²) in [6, 6.07) is 5.21. The molecule has 3 fully saturated rings. The molecule has 1 aromatic carbocycles. The topological polar surface area (TPSA) is 99.2 Å². The number of aryl methyl sites for hydroxylation is 3. The summed E-state index contributed by atoms with van der Waals surface area (Å²) < 4.78 is 44.2. The lowest BCUT2D eigenvalue weighted by atomic mass is 10.0. The Balaban J connectivity index is 1.16. The number of ether oxygens (including phenoxy) is 1. The number of hydrogen-bond acceptors (Lipinski definition) is 7. The van der Waals surface area contributed by atoms with E-state index in [9.17, 15) is 27.6 Å². The van der Waals surface area contributed by atoms with Gasteiger partial charge in [-0.2, -0.15) is 13.2 Å². The zero-order valence-electron chi connectivity index (χ0n) is 24.9. The molecular weight excluding hydrogens is 601 g/mol. The average Bonchev–Trinajstić information content (AvgIpc) is 3.67. The van der Waals surface area contributed by atoms with E-state index >= 15 is 0 Å². The summed E-state index contributed by atoms with van der Waals surface area (Å²) in [5.74, 6) is -1.25. The van der Waals surface area contributed by atoms with Crippen LogP contribution in [0.4, 0.5) is 23.7 Å². The fraction of sp³-hybridized carbons (Fsp3) is 0.567. The standard InChI is InChI=1S/C30H36ClF3N6O4/c1-18-5-6-23(11-25(18)31)40(29(43)44-24-7-10-38(16-24)28(42)30(32,33)34)9-4-8-37-12-21-14-39(15-22(21)13-37)27(41)26-19(2)35-17-36-20(26)3/h5-6,11,17,21-22,24H,4,7-10,12-16H2,1-3H3. The number of benzene rings is 1. The van der Waals surface area contributed by atoms with E-state index in [1.165, 1.54) is 11.2 Å². The van der Waals surface area contributed by atoms with Crippen molar-refractivity contribution in [3.63, 3.8) is 0 Å². The van der Waals surface area contributed by atoms with Gasteiger partial charge in [-0.05, 0) is 63.3 Å². The fourth-order valence-corrected chi connectivity index (χ4v) is 6.60. The van der Waals surface area contributed by atoms with Gasteiger partial charge in [-0.1, -0.05) is 17.7 Å². The minimum absolute atomic E-state index is 0.0272. The van der Waals surface area contributed by atoms with Gasteiger partial charge in [-0.15, -0.1) is 0 Å². The van der Waals surface area contributed by atoms with E-state index in [4.69, 9.17) is 16.3 Å². The average molecular weight is 637 g/mol. The Hall–Kier alpha value is -3.45. The molecule has 2 aromatic rings. The highest BCUT2D eigenvalue weighted by Crippen LogP contribution is 2.33. The zero-order valence-corrected chi connectivity index (χ0v) is 25.7. The van der Waals surface area contributed by atoms with Crippen LogP contribution in [0.3, 0.4) is 0 Å². The van der Waals surface area contributed by atoms with Gasteiger partial charge >= 0.3 is 18.2 Å². The summed E-state index contributed by atoms with van der Waals surface area (Å²) in [5, 5.41) is 0.474. The van der Waals surface area contributed by atoms with Gasteiger partial charge < -0.3 is 19.4 Å². The SMILES string of the molecule is Cc1ccc(N(CCCN2CC3CN(C(=O)c4c(C)ncnc4C)CC3C2)C(=O)OC2CCN(C(=O)C(F)(F)F)C2)cc1Cl. The fourth-order valence-electron chi connectivity index (χ4n) is 6.42. The van der Waals surface area contributed by atoms with Crippen LogP contribution in [-0.4, -0.2) is 107 Å². The summed E-state index contributed by atoms with van der Waals surface area (Å²) in [7, 11) is 0. The number of anilines is 1. The van der Waals surface area contributed by atoms with E-state index < -0.39 is 24.3 Å². The molecule has 4 heterocycles. The molecule has 0 N–H and O–H groups in total. The van der Waals surface area contributed by atoms with Crippen LogP contribution < -0.4 is 4.90 Å². The number of amides is 3. The van der Waals surface area contributed by atoms with Gasteiger partial charge in [0.2, 0.25) is 0 Å². The van der Waals surface area contributed by atoms with Crippen LogP contribution in [0.2, 0.25) is 5.02 Å². The van der Waals surface area contributed by atoms with Gasteiger partial charge in [-0.3, -0.25) is 14.5 Å². The van der Waals surface area contributed by atoms with Gasteiger partial charge in [-0.25, -0.2) is 14.8 Å². The lowest BCUT2D eigenvalue weighted by molar-refractivity contribution is -0.184. The number of carbonyl (C=O) groups is 3. The highest BCUT2D eigenvalue weighted by atomic mass is 35.5. The molecule has 44 heavy (non-hydrogen) atoms. The van der Waals surface area contributed by atoms with Crippen molar-refractivity contribution in [1.82, 2.24) is 24.7 Å². The minimum atomic E-state index is -4.97. The van der Waals surface area contributed by atoms with Crippen LogP contribution in [0.1, 0.15) is 40.2 Å². The maximum Gasteiger partial charge on any atom is 0.471 e. The van der Waals surface area contributed by atoms with Gasteiger partial charge in [0.1, 0.15) is 12.4 Å². The number of hydrogen-bond donors (Lipinski definition) is 0. The Kier molecular flexibility index (Phi) is 9.36. The van der Waals surface area contributed by atoms with Crippen LogP contribution in [-0.2, 0) is 9.53 Å². The molecule has 0 aliphatic carbocycles. The third-order valence-electron chi connectivity index (χ3n) is 8.78. The van der Waals surface area contributed by atoms with Crippen molar-refractivity contribution in [2.45, 2.75) is 45.9 Å². The van der Waals surface area contributed by atoms with Crippen LogP contribution in [0.15, 0.2) is 24.5 Å². The van der Waals surface area contributed by atoms with Crippen molar-refractivity contribution >= 4 is 35.2 Å². The molecule has 3 aliphatic heterocycles. The van der Waals surface area contributed by atoms with Crippen molar-refractivity contribution in [1.29, 1.82) is 0 Å². The highest BCUT2D eigenvalue weighted by Gasteiger charge is 2.45. The second-order valence-corrected chi connectivity index (χ2v) is 12.3.